The first kappa shape index (κ1) is 49.4. The van der Waals surface area contributed by atoms with Crippen molar-refractivity contribution in [3.63, 3.8) is 0 Å². The van der Waals surface area contributed by atoms with Gasteiger partial charge in [-0.05, 0) is 158 Å². The van der Waals surface area contributed by atoms with E-state index in [1.807, 2.05) is 66.3 Å². The zero-order chi connectivity index (χ0) is 42.2. The molecule has 8 rings (SSSR count). The van der Waals surface area contributed by atoms with Crippen LogP contribution in [-0.2, 0) is 0 Å². The zero-order valence-corrected chi connectivity index (χ0v) is 38.1. The molecular formula is C50H74N6. The quantitative estimate of drug-likeness (QED) is 0.236. The van der Waals surface area contributed by atoms with Crippen LogP contribution in [-0.4, -0.2) is 47.4 Å². The Bertz CT molecular complexity index is 1470. The topological polar surface area (TPSA) is 74.2 Å². The molecule has 0 saturated carbocycles. The van der Waals surface area contributed by atoms with Crippen LogP contribution in [0.15, 0.2) is 147 Å². The second-order valence-corrected chi connectivity index (χ2v) is 16.4. The van der Waals surface area contributed by atoms with Gasteiger partial charge in [0.05, 0.1) is 13.1 Å². The molecule has 2 aliphatic carbocycles. The molecular weight excluding hydrogens is 685 g/mol. The van der Waals surface area contributed by atoms with E-state index in [9.17, 15) is 0 Å². The molecule has 6 nitrogen and oxygen atoms in total. The van der Waals surface area contributed by atoms with Gasteiger partial charge in [0.2, 0.25) is 0 Å². The van der Waals surface area contributed by atoms with E-state index in [1.165, 1.54) is 91.4 Å². The molecule has 0 unspecified atom stereocenters. The first-order valence-corrected chi connectivity index (χ1v) is 20.1. The highest BCUT2D eigenvalue weighted by atomic mass is 14.8. The summed E-state index contributed by atoms with van der Waals surface area (Å²) in [6, 6.07) is 0. The summed E-state index contributed by atoms with van der Waals surface area (Å²) < 4.78 is 0. The highest BCUT2D eigenvalue weighted by Gasteiger charge is 2.01. The van der Waals surface area contributed by atoms with Gasteiger partial charge in [0, 0.05) is 84.8 Å². The van der Waals surface area contributed by atoms with Crippen molar-refractivity contribution in [3.05, 3.63) is 117 Å². The van der Waals surface area contributed by atoms with E-state index < -0.39 is 0 Å². The Labute approximate surface area is 342 Å². The first-order chi connectivity index (χ1) is 26.3. The Morgan fingerprint density at radius 2 is 0.518 bits per heavy atom. The molecule has 6 aliphatic heterocycles. The molecule has 0 aromatic carbocycles. The smallest absolute Gasteiger partial charge is 0.0603 e. The van der Waals surface area contributed by atoms with Gasteiger partial charge < -0.3 is 0 Å². The molecule has 0 aromatic heterocycles. The van der Waals surface area contributed by atoms with Crippen molar-refractivity contribution < 1.29 is 0 Å². The third-order valence-electron chi connectivity index (χ3n) is 8.65. The average Bonchev–Trinajstić information content (AvgIpc) is 4.00. The molecule has 0 bridgehead atoms. The lowest BCUT2D eigenvalue weighted by molar-refractivity contribution is 1.15. The fourth-order valence-electron chi connectivity index (χ4n) is 5.94. The number of nitrogens with zero attached hydrogens (tertiary/aromatic N) is 6. The number of aliphatic imine (C=N–C) groups is 6. The van der Waals surface area contributed by atoms with E-state index in [0.717, 1.165) is 50.2 Å². The summed E-state index contributed by atoms with van der Waals surface area (Å²) in [4.78, 5) is 24.6. The van der Waals surface area contributed by atoms with Gasteiger partial charge in [-0.3, -0.25) is 30.0 Å². The molecule has 6 heterocycles. The van der Waals surface area contributed by atoms with Crippen molar-refractivity contribution in [1.82, 2.24) is 0 Å². The Morgan fingerprint density at radius 1 is 0.286 bits per heavy atom. The van der Waals surface area contributed by atoms with Gasteiger partial charge in [0.1, 0.15) is 0 Å². The van der Waals surface area contributed by atoms with Crippen LogP contribution in [0.4, 0.5) is 0 Å². The molecule has 0 amide bonds. The van der Waals surface area contributed by atoms with Crippen LogP contribution in [0.3, 0.4) is 0 Å². The van der Waals surface area contributed by atoms with Crippen LogP contribution in [0.5, 0.6) is 0 Å². The lowest BCUT2D eigenvalue weighted by Gasteiger charge is -1.87. The highest BCUT2D eigenvalue weighted by Crippen LogP contribution is 2.17. The summed E-state index contributed by atoms with van der Waals surface area (Å²) in [7, 11) is 0. The van der Waals surface area contributed by atoms with Gasteiger partial charge >= 0.3 is 0 Å². The van der Waals surface area contributed by atoms with Gasteiger partial charge in [0.15, 0.2) is 0 Å². The molecule has 8 aliphatic rings. The summed E-state index contributed by atoms with van der Waals surface area (Å²) in [6.07, 6.45) is 27.4. The van der Waals surface area contributed by atoms with Crippen molar-refractivity contribution in [3.8, 4) is 0 Å². The molecule has 0 fully saturated rings. The minimum Gasteiger partial charge on any atom is -0.286 e. The van der Waals surface area contributed by atoms with Gasteiger partial charge in [-0.15, -0.1) is 0 Å². The van der Waals surface area contributed by atoms with Crippen molar-refractivity contribution in [2.75, 3.05) is 13.1 Å². The molecule has 6 heteroatoms. The number of rotatable bonds is 0. The number of hydrogen-bond acceptors (Lipinski definition) is 6. The van der Waals surface area contributed by atoms with Crippen molar-refractivity contribution >= 4 is 34.3 Å². The third-order valence-corrected chi connectivity index (χ3v) is 8.65. The minimum absolute atomic E-state index is 0.922. The van der Waals surface area contributed by atoms with Gasteiger partial charge in [0.25, 0.3) is 0 Å². The summed E-state index contributed by atoms with van der Waals surface area (Å²) in [5.74, 6) is 0. The third kappa shape index (κ3) is 25.5. The lowest BCUT2D eigenvalue weighted by atomic mass is 10.2. The molecule has 0 aromatic rings. The van der Waals surface area contributed by atoms with E-state index >= 15 is 0 Å². The van der Waals surface area contributed by atoms with Crippen LogP contribution < -0.4 is 0 Å². The zero-order valence-electron chi connectivity index (χ0n) is 38.1. The molecule has 56 heavy (non-hydrogen) atoms. The van der Waals surface area contributed by atoms with Crippen LogP contribution in [0.1, 0.15) is 149 Å². The number of hydrogen-bond donors (Lipinski definition) is 0. The van der Waals surface area contributed by atoms with Gasteiger partial charge in [-0.2, -0.15) is 0 Å². The van der Waals surface area contributed by atoms with Crippen LogP contribution >= 0.6 is 0 Å². The SMILES string of the molecule is CC1=CC(C)=NC1.CC1=CC(C)=NC1.CC1=CC=C(C)C1.CC1=CC=C(C)C1.CC1=CN=C(C)C1.CC1=CN=C(C)C1.CC1=CN=C(C)C1.CC1=CN=C(C)C1. The Kier molecular flexibility index (Phi) is 23.9. The lowest BCUT2D eigenvalue weighted by Crippen LogP contribution is -1.82. The van der Waals surface area contributed by atoms with Crippen LogP contribution in [0.25, 0.3) is 0 Å². The Morgan fingerprint density at radius 3 is 0.571 bits per heavy atom. The second kappa shape index (κ2) is 27.1. The summed E-state index contributed by atoms with van der Waals surface area (Å²) in [5.41, 5.74) is 21.4. The van der Waals surface area contributed by atoms with Crippen molar-refractivity contribution in [1.29, 1.82) is 0 Å². The Hall–Kier alpha value is -4.58. The van der Waals surface area contributed by atoms with Crippen molar-refractivity contribution in [2.45, 2.75) is 149 Å². The first-order valence-electron chi connectivity index (χ1n) is 20.1. The monoisotopic (exact) mass is 759 g/mol. The normalized spacial score (nSPS) is 19.1. The number of allylic oxidation sites excluding steroid dienone is 14. The van der Waals surface area contributed by atoms with Crippen LogP contribution in [0.2, 0.25) is 0 Å². The molecule has 0 spiro atoms. The molecule has 304 valence electrons. The summed E-state index contributed by atoms with van der Waals surface area (Å²) >= 11 is 0. The summed E-state index contributed by atoms with van der Waals surface area (Å²) in [5, 5.41) is 0. The van der Waals surface area contributed by atoms with E-state index in [-0.39, 0.29) is 0 Å². The fourth-order valence-corrected chi connectivity index (χ4v) is 5.94. The molecule has 0 N–H and O–H groups in total. The minimum atomic E-state index is 0.922. The predicted molar refractivity (Wildman–Crippen MR) is 254 cm³/mol. The van der Waals surface area contributed by atoms with E-state index in [2.05, 4.69) is 136 Å². The predicted octanol–water partition coefficient (Wildman–Crippen LogP) is 14.4. The Balaban J connectivity index is 0.000000320. The maximum atomic E-state index is 4.14. The van der Waals surface area contributed by atoms with Crippen molar-refractivity contribution in [2.24, 2.45) is 30.0 Å². The molecule has 0 saturated heterocycles. The standard InChI is InChI=1S/2C7H10.6C6H9N/c2*1-6-3-4-7(2)5-6;6*1-5-3-6(2)7-4-5/h2*3-4H,5H2,1-2H3;4*4H,3H2,1-2H3;2*3H,4H2,1-2H3. The summed E-state index contributed by atoms with van der Waals surface area (Å²) in [6.45, 7) is 35.3. The maximum absolute atomic E-state index is 4.14. The van der Waals surface area contributed by atoms with E-state index in [1.54, 1.807) is 0 Å². The fraction of sp³-hybridized carbons (Fsp3) is 0.480. The average molecular weight is 759 g/mol. The van der Waals surface area contributed by atoms with Crippen LogP contribution in [0, 0.1) is 0 Å². The molecule has 0 atom stereocenters. The van der Waals surface area contributed by atoms with Gasteiger partial charge in [-0.25, -0.2) is 0 Å². The second-order valence-electron chi connectivity index (χ2n) is 16.4. The molecule has 0 radical (unpaired) electrons. The largest absolute Gasteiger partial charge is 0.286 e. The highest BCUT2D eigenvalue weighted by molar-refractivity contribution is 5.95. The van der Waals surface area contributed by atoms with Gasteiger partial charge in [-0.1, -0.05) is 57.7 Å². The maximum Gasteiger partial charge on any atom is 0.0603 e. The van der Waals surface area contributed by atoms with E-state index in [4.69, 9.17) is 0 Å². The van der Waals surface area contributed by atoms with E-state index in [0.29, 0.717) is 0 Å².